The number of allylic oxidation sites excluding steroid dienone is 2. The van der Waals surface area contributed by atoms with E-state index in [1.165, 1.54) is 17.0 Å². The molecule has 2 amide bonds. The van der Waals surface area contributed by atoms with Crippen molar-refractivity contribution in [2.75, 3.05) is 12.0 Å². The molecule has 26 heavy (non-hydrogen) atoms. The average molecular weight is 362 g/mol. The Hall–Kier alpha value is -2.31. The maximum atomic E-state index is 12.8. The summed E-state index contributed by atoms with van der Waals surface area (Å²) >= 11 is 0. The summed E-state index contributed by atoms with van der Waals surface area (Å²) in [4.78, 5) is 26.8. The lowest BCUT2D eigenvalue weighted by Crippen LogP contribution is -2.40. The van der Waals surface area contributed by atoms with Gasteiger partial charge in [0, 0.05) is 5.69 Å². The predicted octanol–water partition coefficient (Wildman–Crippen LogP) is 3.13. The van der Waals surface area contributed by atoms with Gasteiger partial charge in [-0.3, -0.25) is 14.5 Å². The lowest BCUT2D eigenvalue weighted by molar-refractivity contribution is -0.140. The van der Waals surface area contributed by atoms with Crippen LogP contribution in [0.2, 0.25) is 0 Å². The zero-order valence-corrected chi connectivity index (χ0v) is 13.7. The molecule has 1 aromatic carbocycles. The fourth-order valence-electron chi connectivity index (χ4n) is 5.15. The summed E-state index contributed by atoms with van der Waals surface area (Å²) in [5, 5.41) is 2.81. The van der Waals surface area contributed by atoms with E-state index >= 15 is 0 Å². The molecule has 4 aliphatic carbocycles. The molecule has 2 bridgehead atoms. The van der Waals surface area contributed by atoms with Gasteiger partial charge in [0.2, 0.25) is 11.8 Å². The van der Waals surface area contributed by atoms with Crippen molar-refractivity contribution in [3.8, 4) is 0 Å². The molecule has 136 valence electrons. The molecule has 0 radical (unpaired) electrons. The minimum absolute atomic E-state index is 0.0965. The fraction of sp³-hybridized carbons (Fsp3) is 0.474. The number of benzene rings is 1. The zero-order chi connectivity index (χ0) is 18.2. The molecule has 2 saturated carbocycles. The van der Waals surface area contributed by atoms with Gasteiger partial charge >= 0.3 is 6.18 Å². The highest BCUT2D eigenvalue weighted by molar-refractivity contribution is 6.06. The summed E-state index contributed by atoms with van der Waals surface area (Å²) in [5.74, 6) is 0.385. The van der Waals surface area contributed by atoms with Crippen molar-refractivity contribution in [1.82, 2.24) is 4.90 Å². The normalized spacial score (nSPS) is 37.0. The lowest BCUT2D eigenvalue weighted by atomic mass is 9.63. The smallest absolute Gasteiger partial charge is 0.367 e. The number of imide groups is 1. The van der Waals surface area contributed by atoms with Crippen molar-refractivity contribution in [1.29, 1.82) is 0 Å². The highest BCUT2D eigenvalue weighted by Crippen LogP contribution is 2.65. The van der Waals surface area contributed by atoms with Gasteiger partial charge in [-0.05, 0) is 48.3 Å². The maximum Gasteiger partial charge on any atom is 0.416 e. The van der Waals surface area contributed by atoms with Crippen LogP contribution in [-0.4, -0.2) is 23.4 Å². The molecule has 0 unspecified atom stereocenters. The Morgan fingerprint density at radius 2 is 1.65 bits per heavy atom. The molecule has 0 aromatic heterocycles. The van der Waals surface area contributed by atoms with Crippen LogP contribution in [0.15, 0.2) is 36.4 Å². The number of amides is 2. The molecule has 6 atom stereocenters. The zero-order valence-electron chi connectivity index (χ0n) is 13.7. The maximum absolute atomic E-state index is 12.8. The summed E-state index contributed by atoms with van der Waals surface area (Å²) in [6, 6.07) is 4.77. The number of likely N-dealkylation sites (tertiary alicyclic amines) is 1. The van der Waals surface area contributed by atoms with Crippen LogP contribution < -0.4 is 5.32 Å². The Balaban J connectivity index is 1.33. The van der Waals surface area contributed by atoms with Crippen molar-refractivity contribution >= 4 is 17.5 Å². The first kappa shape index (κ1) is 15.9. The number of anilines is 1. The standard InChI is InChI=1S/C19H17F3N2O2/c20-19(21,22)9-2-1-3-10(6-9)23-8-24-17(25)15-11-4-5-12(14-7-13(11)14)16(15)18(24)26/h1-6,11-16,23H,7-8H2/t11-,12-,13-,14-,15+,16+/m1/s1. The van der Waals surface area contributed by atoms with Crippen LogP contribution in [-0.2, 0) is 15.8 Å². The summed E-state index contributed by atoms with van der Waals surface area (Å²) in [6.07, 6.45) is 0.847. The topological polar surface area (TPSA) is 49.4 Å². The van der Waals surface area contributed by atoms with E-state index in [-0.39, 0.29) is 47.8 Å². The average Bonchev–Trinajstić information content (AvgIpc) is 3.38. The predicted molar refractivity (Wildman–Crippen MR) is 86.5 cm³/mol. The van der Waals surface area contributed by atoms with Gasteiger partial charge in [0.1, 0.15) is 0 Å². The van der Waals surface area contributed by atoms with Crippen LogP contribution >= 0.6 is 0 Å². The van der Waals surface area contributed by atoms with Gasteiger partial charge in [-0.15, -0.1) is 0 Å². The van der Waals surface area contributed by atoms with E-state index in [0.29, 0.717) is 11.8 Å². The SMILES string of the molecule is O=C1[C@H]2[C@@H]3C=C[C@H]([C@H]4C[C@H]34)[C@@H]2C(=O)N1CNc1cccc(C(F)(F)F)c1. The van der Waals surface area contributed by atoms with Crippen LogP contribution in [0.25, 0.3) is 0 Å². The first-order valence-corrected chi connectivity index (χ1v) is 8.81. The Kier molecular flexibility index (Phi) is 3.13. The number of alkyl halides is 3. The Morgan fingerprint density at radius 3 is 2.23 bits per heavy atom. The van der Waals surface area contributed by atoms with E-state index in [1.807, 2.05) is 0 Å². The monoisotopic (exact) mass is 362 g/mol. The first-order valence-electron chi connectivity index (χ1n) is 8.81. The minimum atomic E-state index is -4.43. The minimum Gasteiger partial charge on any atom is -0.367 e. The van der Waals surface area contributed by atoms with Crippen molar-refractivity contribution in [3.05, 3.63) is 42.0 Å². The van der Waals surface area contributed by atoms with Crippen molar-refractivity contribution in [2.45, 2.75) is 12.6 Å². The lowest BCUT2D eigenvalue weighted by Gasteiger charge is -2.37. The number of nitrogens with one attached hydrogen (secondary N) is 1. The number of carbonyl (C=O) groups excluding carboxylic acids is 2. The number of hydrogen-bond acceptors (Lipinski definition) is 3. The molecule has 6 rings (SSSR count). The number of rotatable bonds is 3. The second-order valence-corrected chi connectivity index (χ2v) is 7.67. The van der Waals surface area contributed by atoms with Gasteiger partial charge in [-0.25, -0.2) is 0 Å². The molecule has 1 saturated heterocycles. The van der Waals surface area contributed by atoms with Gasteiger partial charge in [-0.1, -0.05) is 18.2 Å². The molecule has 1 aromatic rings. The van der Waals surface area contributed by atoms with Crippen LogP contribution in [0.4, 0.5) is 18.9 Å². The summed E-state index contributed by atoms with van der Waals surface area (Å²) < 4.78 is 38.4. The Bertz CT molecular complexity index is 798. The molecule has 1 N–H and O–H groups in total. The van der Waals surface area contributed by atoms with Gasteiger partial charge in [0.05, 0.1) is 24.1 Å². The molecule has 0 spiro atoms. The summed E-state index contributed by atoms with van der Waals surface area (Å²) in [5.41, 5.74) is -0.531. The highest BCUT2D eigenvalue weighted by Gasteiger charge is 2.66. The number of halogens is 3. The summed E-state index contributed by atoms with van der Waals surface area (Å²) in [6.45, 7) is -0.0965. The molecule has 1 heterocycles. The van der Waals surface area contributed by atoms with Crippen LogP contribution in [0, 0.1) is 35.5 Å². The quantitative estimate of drug-likeness (QED) is 0.664. The van der Waals surface area contributed by atoms with Crippen LogP contribution in [0.3, 0.4) is 0 Å². The molecule has 1 aliphatic heterocycles. The molecular formula is C19H17F3N2O2. The van der Waals surface area contributed by atoms with Gasteiger partial charge in [0.25, 0.3) is 0 Å². The first-order chi connectivity index (χ1) is 12.4. The van der Waals surface area contributed by atoms with E-state index in [9.17, 15) is 22.8 Å². The molecule has 4 nitrogen and oxygen atoms in total. The second kappa shape index (κ2) is 5.11. The molecule has 7 heteroatoms. The van der Waals surface area contributed by atoms with E-state index in [4.69, 9.17) is 0 Å². The number of hydrogen-bond donors (Lipinski definition) is 1. The van der Waals surface area contributed by atoms with Crippen molar-refractivity contribution in [3.63, 3.8) is 0 Å². The van der Waals surface area contributed by atoms with Crippen molar-refractivity contribution in [2.24, 2.45) is 35.5 Å². The third-order valence-corrected chi connectivity index (χ3v) is 6.39. The number of carbonyl (C=O) groups is 2. The molecule has 5 aliphatic rings. The van der Waals surface area contributed by atoms with E-state index in [2.05, 4.69) is 17.5 Å². The van der Waals surface area contributed by atoms with E-state index in [0.717, 1.165) is 18.6 Å². The Morgan fingerprint density at radius 1 is 1.04 bits per heavy atom. The van der Waals surface area contributed by atoms with Crippen LogP contribution in [0.5, 0.6) is 0 Å². The largest absolute Gasteiger partial charge is 0.416 e. The fourth-order valence-corrected chi connectivity index (χ4v) is 5.15. The molecular weight excluding hydrogens is 345 g/mol. The number of nitrogens with zero attached hydrogens (tertiary/aromatic N) is 1. The van der Waals surface area contributed by atoms with Gasteiger partial charge in [0.15, 0.2) is 0 Å². The Labute approximate surface area is 148 Å². The van der Waals surface area contributed by atoms with Gasteiger partial charge < -0.3 is 5.32 Å². The van der Waals surface area contributed by atoms with Crippen LogP contribution in [0.1, 0.15) is 12.0 Å². The molecule has 3 fully saturated rings. The van der Waals surface area contributed by atoms with Gasteiger partial charge in [-0.2, -0.15) is 13.2 Å². The summed E-state index contributed by atoms with van der Waals surface area (Å²) in [7, 11) is 0. The third-order valence-electron chi connectivity index (χ3n) is 6.39. The van der Waals surface area contributed by atoms with E-state index in [1.54, 1.807) is 0 Å². The van der Waals surface area contributed by atoms with Crippen molar-refractivity contribution < 1.29 is 22.8 Å². The van der Waals surface area contributed by atoms with E-state index < -0.39 is 11.7 Å². The highest BCUT2D eigenvalue weighted by atomic mass is 19.4. The second-order valence-electron chi connectivity index (χ2n) is 7.67. The third kappa shape index (κ3) is 2.15.